The summed E-state index contributed by atoms with van der Waals surface area (Å²) in [4.78, 5) is 0. The van der Waals surface area contributed by atoms with E-state index < -0.39 is 0 Å². The molecule has 1 aliphatic rings. The Morgan fingerprint density at radius 3 is 2.00 bits per heavy atom. The van der Waals surface area contributed by atoms with Crippen molar-refractivity contribution in [3.05, 3.63) is 35.4 Å². The first kappa shape index (κ1) is 16.5. The SMILES string of the molecule is CCCCCCCCc1ccc(CCC2(CC)CN2)cc1. The van der Waals surface area contributed by atoms with Crippen LogP contribution in [0.4, 0.5) is 0 Å². The van der Waals surface area contributed by atoms with Gasteiger partial charge in [-0.1, -0.05) is 70.2 Å². The molecule has 1 saturated heterocycles. The first-order valence-corrected chi connectivity index (χ1v) is 9.11. The molecule has 1 aromatic rings. The van der Waals surface area contributed by atoms with Gasteiger partial charge in [0.15, 0.2) is 0 Å². The van der Waals surface area contributed by atoms with Gasteiger partial charge in [-0.05, 0) is 43.2 Å². The highest BCUT2D eigenvalue weighted by Gasteiger charge is 2.38. The summed E-state index contributed by atoms with van der Waals surface area (Å²) in [6.07, 6.45) is 13.4. The van der Waals surface area contributed by atoms with E-state index in [1.165, 1.54) is 81.9 Å². The predicted molar refractivity (Wildman–Crippen MR) is 92.9 cm³/mol. The highest BCUT2D eigenvalue weighted by atomic mass is 15.2. The summed E-state index contributed by atoms with van der Waals surface area (Å²) < 4.78 is 0. The zero-order valence-corrected chi connectivity index (χ0v) is 14.1. The van der Waals surface area contributed by atoms with Gasteiger partial charge in [-0.25, -0.2) is 0 Å². The number of benzene rings is 1. The minimum absolute atomic E-state index is 0.483. The molecule has 0 aromatic heterocycles. The monoisotopic (exact) mass is 287 g/mol. The lowest BCUT2D eigenvalue weighted by Crippen LogP contribution is -2.14. The molecule has 1 nitrogen and oxygen atoms in total. The molecule has 0 aliphatic carbocycles. The van der Waals surface area contributed by atoms with Crippen molar-refractivity contribution in [3.63, 3.8) is 0 Å². The first-order chi connectivity index (χ1) is 10.3. The quantitative estimate of drug-likeness (QED) is 0.434. The van der Waals surface area contributed by atoms with Crippen LogP contribution >= 0.6 is 0 Å². The Kier molecular flexibility index (Phi) is 6.76. The number of nitrogens with one attached hydrogen (secondary N) is 1. The van der Waals surface area contributed by atoms with Gasteiger partial charge in [-0.3, -0.25) is 0 Å². The predicted octanol–water partition coefficient (Wildman–Crippen LogP) is 5.27. The molecule has 1 heteroatoms. The van der Waals surface area contributed by atoms with Gasteiger partial charge < -0.3 is 5.32 Å². The molecule has 1 N–H and O–H groups in total. The maximum Gasteiger partial charge on any atom is 0.0307 e. The van der Waals surface area contributed by atoms with Gasteiger partial charge in [0, 0.05) is 12.1 Å². The van der Waals surface area contributed by atoms with E-state index in [0.29, 0.717) is 5.54 Å². The fourth-order valence-corrected chi connectivity index (χ4v) is 3.09. The van der Waals surface area contributed by atoms with Crippen LogP contribution in [0, 0.1) is 0 Å². The highest BCUT2D eigenvalue weighted by molar-refractivity contribution is 5.23. The van der Waals surface area contributed by atoms with Crippen LogP contribution in [0.2, 0.25) is 0 Å². The Labute approximate surface area is 131 Å². The van der Waals surface area contributed by atoms with Crippen LogP contribution in [0.5, 0.6) is 0 Å². The van der Waals surface area contributed by atoms with Gasteiger partial charge >= 0.3 is 0 Å². The van der Waals surface area contributed by atoms with E-state index >= 15 is 0 Å². The first-order valence-electron chi connectivity index (χ1n) is 9.11. The molecule has 2 rings (SSSR count). The van der Waals surface area contributed by atoms with Gasteiger partial charge in [0.2, 0.25) is 0 Å². The standard InChI is InChI=1S/C20H33N/c1-3-5-6-7-8-9-10-18-11-13-19(14-12-18)15-16-20(4-2)17-21-20/h11-14,21H,3-10,15-17H2,1-2H3. The Balaban J connectivity index is 1.62. The molecule has 1 heterocycles. The highest BCUT2D eigenvalue weighted by Crippen LogP contribution is 2.27. The maximum absolute atomic E-state index is 3.53. The van der Waals surface area contributed by atoms with Gasteiger partial charge in [0.1, 0.15) is 0 Å². The average Bonchev–Trinajstić information content (AvgIpc) is 3.30. The van der Waals surface area contributed by atoms with Crippen LogP contribution in [0.15, 0.2) is 24.3 Å². The summed E-state index contributed by atoms with van der Waals surface area (Å²) >= 11 is 0. The van der Waals surface area contributed by atoms with E-state index in [1.54, 1.807) is 0 Å². The molecule has 21 heavy (non-hydrogen) atoms. The molecule has 1 atom stereocenters. The minimum atomic E-state index is 0.483. The van der Waals surface area contributed by atoms with Crippen molar-refractivity contribution < 1.29 is 0 Å². The molecule has 1 unspecified atom stereocenters. The molecule has 1 aromatic carbocycles. The lowest BCUT2D eigenvalue weighted by atomic mass is 9.96. The van der Waals surface area contributed by atoms with Crippen molar-refractivity contribution in [2.24, 2.45) is 0 Å². The smallest absolute Gasteiger partial charge is 0.0307 e. The second-order valence-electron chi connectivity index (χ2n) is 6.82. The Morgan fingerprint density at radius 2 is 1.43 bits per heavy atom. The summed E-state index contributed by atoms with van der Waals surface area (Å²) in [5.74, 6) is 0. The van der Waals surface area contributed by atoms with E-state index in [9.17, 15) is 0 Å². The summed E-state index contributed by atoms with van der Waals surface area (Å²) in [6.45, 7) is 5.80. The largest absolute Gasteiger partial charge is 0.308 e. The summed E-state index contributed by atoms with van der Waals surface area (Å²) in [5.41, 5.74) is 3.50. The summed E-state index contributed by atoms with van der Waals surface area (Å²) in [7, 11) is 0. The topological polar surface area (TPSA) is 21.9 Å². The average molecular weight is 287 g/mol. The van der Waals surface area contributed by atoms with E-state index in [-0.39, 0.29) is 0 Å². The van der Waals surface area contributed by atoms with E-state index in [4.69, 9.17) is 0 Å². The molecular weight excluding hydrogens is 254 g/mol. The van der Waals surface area contributed by atoms with E-state index in [1.807, 2.05) is 0 Å². The summed E-state index contributed by atoms with van der Waals surface area (Å²) in [6, 6.07) is 9.39. The number of hydrogen-bond acceptors (Lipinski definition) is 1. The Hall–Kier alpha value is -0.820. The zero-order chi connectivity index (χ0) is 15.0. The van der Waals surface area contributed by atoms with Gasteiger partial charge in [-0.2, -0.15) is 0 Å². The number of rotatable bonds is 11. The number of unbranched alkanes of at least 4 members (excludes halogenated alkanes) is 5. The normalized spacial score (nSPS) is 20.7. The van der Waals surface area contributed by atoms with Crippen molar-refractivity contribution in [2.75, 3.05) is 6.54 Å². The molecular formula is C20H33N. The molecule has 118 valence electrons. The van der Waals surface area contributed by atoms with E-state index in [0.717, 1.165) is 0 Å². The second kappa shape index (κ2) is 8.58. The van der Waals surface area contributed by atoms with Gasteiger partial charge in [0.25, 0.3) is 0 Å². The van der Waals surface area contributed by atoms with Gasteiger partial charge in [-0.15, -0.1) is 0 Å². The van der Waals surface area contributed by atoms with Gasteiger partial charge in [0.05, 0.1) is 0 Å². The third-order valence-electron chi connectivity index (χ3n) is 5.09. The maximum atomic E-state index is 3.53. The molecule has 0 radical (unpaired) electrons. The van der Waals surface area contributed by atoms with Crippen molar-refractivity contribution in [3.8, 4) is 0 Å². The third-order valence-corrected chi connectivity index (χ3v) is 5.09. The van der Waals surface area contributed by atoms with Crippen molar-refractivity contribution in [2.45, 2.75) is 83.6 Å². The van der Waals surface area contributed by atoms with Crippen molar-refractivity contribution in [1.82, 2.24) is 5.32 Å². The Bertz CT molecular complexity index is 389. The van der Waals surface area contributed by atoms with Crippen LogP contribution < -0.4 is 5.32 Å². The molecule has 0 bridgehead atoms. The zero-order valence-electron chi connectivity index (χ0n) is 14.1. The molecule has 1 fully saturated rings. The lowest BCUT2D eigenvalue weighted by molar-refractivity contribution is 0.554. The molecule has 0 spiro atoms. The summed E-state index contributed by atoms with van der Waals surface area (Å²) in [5, 5.41) is 3.53. The van der Waals surface area contributed by atoms with Crippen molar-refractivity contribution >= 4 is 0 Å². The minimum Gasteiger partial charge on any atom is -0.308 e. The molecule has 1 aliphatic heterocycles. The third kappa shape index (κ3) is 5.82. The fourth-order valence-electron chi connectivity index (χ4n) is 3.09. The molecule has 0 amide bonds. The van der Waals surface area contributed by atoms with E-state index in [2.05, 4.69) is 43.4 Å². The Morgan fingerprint density at radius 1 is 0.857 bits per heavy atom. The van der Waals surface area contributed by atoms with Crippen LogP contribution in [-0.2, 0) is 12.8 Å². The van der Waals surface area contributed by atoms with Crippen LogP contribution in [0.1, 0.15) is 76.3 Å². The van der Waals surface area contributed by atoms with Crippen LogP contribution in [0.25, 0.3) is 0 Å². The fraction of sp³-hybridized carbons (Fsp3) is 0.700. The van der Waals surface area contributed by atoms with Crippen molar-refractivity contribution in [1.29, 1.82) is 0 Å². The van der Waals surface area contributed by atoms with Crippen LogP contribution in [-0.4, -0.2) is 12.1 Å². The second-order valence-corrected chi connectivity index (χ2v) is 6.82. The molecule has 0 saturated carbocycles. The lowest BCUT2D eigenvalue weighted by Gasteiger charge is -2.10. The number of hydrogen-bond donors (Lipinski definition) is 1. The van der Waals surface area contributed by atoms with Crippen LogP contribution in [0.3, 0.4) is 0 Å². The number of aryl methyl sites for hydroxylation is 2.